The fraction of sp³-hybridized carbons (Fsp3) is 0.333. The normalized spacial score (nSPS) is 15.6. The molecule has 0 radical (unpaired) electrons. The summed E-state index contributed by atoms with van der Waals surface area (Å²) in [5.41, 5.74) is 2.72. The van der Waals surface area contributed by atoms with Crippen LogP contribution in [0.2, 0.25) is 5.02 Å². The van der Waals surface area contributed by atoms with Crippen LogP contribution in [0.1, 0.15) is 29.9 Å². The minimum absolute atomic E-state index is 0.208. The lowest BCUT2D eigenvalue weighted by Gasteiger charge is -2.39. The van der Waals surface area contributed by atoms with E-state index >= 15 is 0 Å². The molecule has 1 aliphatic heterocycles. The van der Waals surface area contributed by atoms with Gasteiger partial charge in [0.05, 0.1) is 41.6 Å². The molecule has 1 fully saturated rings. The van der Waals surface area contributed by atoms with Crippen molar-refractivity contribution in [2.45, 2.75) is 26.4 Å². The number of rotatable bonds is 6. The molecule has 2 N–H and O–H groups in total. The van der Waals surface area contributed by atoms with Crippen LogP contribution in [0.5, 0.6) is 0 Å². The van der Waals surface area contributed by atoms with Crippen molar-refractivity contribution >= 4 is 44.6 Å². The number of amides is 1. The third kappa shape index (κ3) is 6.33. The molecule has 1 amide bonds. The lowest BCUT2D eigenvalue weighted by Crippen LogP contribution is -2.48. The van der Waals surface area contributed by atoms with Gasteiger partial charge in [-0.1, -0.05) is 11.6 Å². The Morgan fingerprint density at radius 1 is 1.17 bits per heavy atom. The van der Waals surface area contributed by atoms with Crippen LogP contribution in [0.15, 0.2) is 48.8 Å². The standard InChI is InChI=1S/C24H28ClN5O4S/c1-16-9-17(23(31)27-19-10-18(25)11-20(12-19)28-35(4,32)33)14-30(16)22-6-5-21(13-26-22)29-7-8-34-24(2,3)15-29/h5-6,9-14,28H,7-8,15H2,1-4H3,(H,27,31). The summed E-state index contributed by atoms with van der Waals surface area (Å²) in [6, 6.07) is 10.2. The quantitative estimate of drug-likeness (QED) is 0.510. The van der Waals surface area contributed by atoms with E-state index in [0.29, 0.717) is 23.7 Å². The van der Waals surface area contributed by atoms with E-state index in [2.05, 4.69) is 33.8 Å². The van der Waals surface area contributed by atoms with E-state index in [1.807, 2.05) is 29.8 Å². The second-order valence-electron chi connectivity index (χ2n) is 9.20. The van der Waals surface area contributed by atoms with Gasteiger partial charge in [-0.25, -0.2) is 13.4 Å². The molecule has 186 valence electrons. The third-order valence-electron chi connectivity index (χ3n) is 5.50. The fourth-order valence-corrected chi connectivity index (χ4v) is 4.81. The molecule has 1 aromatic carbocycles. The maximum Gasteiger partial charge on any atom is 0.257 e. The van der Waals surface area contributed by atoms with E-state index in [0.717, 1.165) is 30.7 Å². The lowest BCUT2D eigenvalue weighted by molar-refractivity contribution is -0.0277. The molecule has 0 unspecified atom stereocenters. The Morgan fingerprint density at radius 2 is 1.91 bits per heavy atom. The molecule has 0 atom stereocenters. The number of hydrogen-bond donors (Lipinski definition) is 2. The first-order valence-electron chi connectivity index (χ1n) is 11.0. The predicted octanol–water partition coefficient (Wildman–Crippen LogP) is 4.07. The Bertz CT molecular complexity index is 1350. The molecule has 35 heavy (non-hydrogen) atoms. The van der Waals surface area contributed by atoms with E-state index in [1.165, 1.54) is 12.1 Å². The second kappa shape index (κ2) is 9.52. The van der Waals surface area contributed by atoms with E-state index in [-0.39, 0.29) is 22.2 Å². The predicted molar refractivity (Wildman–Crippen MR) is 138 cm³/mol. The third-order valence-corrected chi connectivity index (χ3v) is 6.33. The summed E-state index contributed by atoms with van der Waals surface area (Å²) in [5.74, 6) is 0.340. The van der Waals surface area contributed by atoms with Gasteiger partial charge in [-0.3, -0.25) is 9.52 Å². The summed E-state index contributed by atoms with van der Waals surface area (Å²) in [6.45, 7) is 8.30. The van der Waals surface area contributed by atoms with Gasteiger partial charge in [-0.2, -0.15) is 0 Å². The van der Waals surface area contributed by atoms with Crippen LogP contribution in [0, 0.1) is 6.92 Å². The number of benzene rings is 1. The Balaban J connectivity index is 1.50. The number of pyridine rings is 1. The van der Waals surface area contributed by atoms with E-state index in [9.17, 15) is 13.2 Å². The molecule has 4 rings (SSSR count). The van der Waals surface area contributed by atoms with E-state index < -0.39 is 10.0 Å². The van der Waals surface area contributed by atoms with Crippen LogP contribution in [-0.2, 0) is 14.8 Å². The number of carbonyl (C=O) groups excluding carboxylic acids is 1. The van der Waals surface area contributed by atoms with Crippen molar-refractivity contribution in [3.8, 4) is 5.82 Å². The highest BCUT2D eigenvalue weighted by Gasteiger charge is 2.27. The zero-order valence-electron chi connectivity index (χ0n) is 20.0. The summed E-state index contributed by atoms with van der Waals surface area (Å²) in [6.07, 6.45) is 4.59. The van der Waals surface area contributed by atoms with Crippen LogP contribution in [-0.4, -0.2) is 55.4 Å². The van der Waals surface area contributed by atoms with Gasteiger partial charge in [0.2, 0.25) is 10.0 Å². The summed E-state index contributed by atoms with van der Waals surface area (Å²) >= 11 is 6.09. The zero-order valence-corrected chi connectivity index (χ0v) is 21.6. The number of halogens is 1. The van der Waals surface area contributed by atoms with Crippen molar-refractivity contribution in [2.75, 3.05) is 40.9 Å². The number of anilines is 3. The molecule has 0 spiro atoms. The number of morpholine rings is 1. The van der Waals surface area contributed by atoms with Crippen LogP contribution >= 0.6 is 11.6 Å². The Labute approximate surface area is 210 Å². The van der Waals surface area contributed by atoms with Crippen LogP contribution in [0.25, 0.3) is 5.82 Å². The lowest BCUT2D eigenvalue weighted by atomic mass is 10.1. The number of aryl methyl sites for hydroxylation is 1. The summed E-state index contributed by atoms with van der Waals surface area (Å²) in [7, 11) is -3.48. The van der Waals surface area contributed by atoms with Crippen LogP contribution < -0.4 is 14.9 Å². The maximum atomic E-state index is 12.9. The SMILES string of the molecule is Cc1cc(C(=O)Nc2cc(Cl)cc(NS(C)(=O)=O)c2)cn1-c1ccc(N2CCOC(C)(C)C2)cn1. The first-order chi connectivity index (χ1) is 16.4. The molecule has 1 saturated heterocycles. The molecular weight excluding hydrogens is 490 g/mol. The topological polar surface area (TPSA) is 106 Å². The average molecular weight is 518 g/mol. The van der Waals surface area contributed by atoms with Crippen molar-refractivity contribution in [3.63, 3.8) is 0 Å². The molecule has 3 aromatic rings. The van der Waals surface area contributed by atoms with Gasteiger partial charge in [0.15, 0.2) is 0 Å². The van der Waals surface area contributed by atoms with Crippen LogP contribution in [0.3, 0.4) is 0 Å². The number of nitrogens with one attached hydrogen (secondary N) is 2. The molecule has 2 aromatic heterocycles. The number of sulfonamides is 1. The largest absolute Gasteiger partial charge is 0.372 e. The fourth-order valence-electron chi connectivity index (χ4n) is 4.03. The average Bonchev–Trinajstić information content (AvgIpc) is 3.13. The number of aromatic nitrogens is 2. The van der Waals surface area contributed by atoms with Crippen molar-refractivity contribution < 1.29 is 17.9 Å². The van der Waals surface area contributed by atoms with Crippen molar-refractivity contribution in [1.82, 2.24) is 9.55 Å². The highest BCUT2D eigenvalue weighted by molar-refractivity contribution is 7.92. The van der Waals surface area contributed by atoms with Crippen molar-refractivity contribution in [3.05, 3.63) is 65.1 Å². The first kappa shape index (κ1) is 25.0. The second-order valence-corrected chi connectivity index (χ2v) is 11.4. The van der Waals surface area contributed by atoms with Crippen molar-refractivity contribution in [2.24, 2.45) is 0 Å². The molecule has 1 aliphatic rings. The van der Waals surface area contributed by atoms with Crippen molar-refractivity contribution in [1.29, 1.82) is 0 Å². The number of nitrogens with zero attached hydrogens (tertiary/aromatic N) is 3. The minimum Gasteiger partial charge on any atom is -0.372 e. The molecule has 0 bridgehead atoms. The number of carbonyl (C=O) groups is 1. The Morgan fingerprint density at radius 3 is 2.57 bits per heavy atom. The Hall–Kier alpha value is -3.08. The number of hydrogen-bond acceptors (Lipinski definition) is 6. The van der Waals surface area contributed by atoms with Gasteiger partial charge in [-0.05, 0) is 57.2 Å². The highest BCUT2D eigenvalue weighted by atomic mass is 35.5. The minimum atomic E-state index is -3.48. The van der Waals surface area contributed by atoms with E-state index in [1.54, 1.807) is 18.3 Å². The number of ether oxygens (including phenoxy) is 1. The molecule has 0 saturated carbocycles. The van der Waals surface area contributed by atoms with Gasteiger partial charge in [0, 0.05) is 35.7 Å². The van der Waals surface area contributed by atoms with Gasteiger partial charge in [0.25, 0.3) is 5.91 Å². The summed E-state index contributed by atoms with van der Waals surface area (Å²) in [4.78, 5) is 19.8. The Kier molecular flexibility index (Phi) is 6.81. The summed E-state index contributed by atoms with van der Waals surface area (Å²) < 4.78 is 33.0. The maximum absolute atomic E-state index is 12.9. The highest BCUT2D eigenvalue weighted by Crippen LogP contribution is 2.26. The molecule has 9 nitrogen and oxygen atoms in total. The smallest absolute Gasteiger partial charge is 0.257 e. The molecule has 3 heterocycles. The summed E-state index contributed by atoms with van der Waals surface area (Å²) in [5, 5.41) is 3.05. The van der Waals surface area contributed by atoms with Gasteiger partial charge < -0.3 is 19.5 Å². The first-order valence-corrected chi connectivity index (χ1v) is 13.3. The molecule has 11 heteroatoms. The van der Waals surface area contributed by atoms with Gasteiger partial charge in [0.1, 0.15) is 5.82 Å². The van der Waals surface area contributed by atoms with E-state index in [4.69, 9.17) is 16.3 Å². The molecule has 0 aliphatic carbocycles. The van der Waals surface area contributed by atoms with Gasteiger partial charge >= 0.3 is 0 Å². The van der Waals surface area contributed by atoms with Gasteiger partial charge in [-0.15, -0.1) is 0 Å². The monoisotopic (exact) mass is 517 g/mol. The van der Waals surface area contributed by atoms with Crippen LogP contribution in [0.4, 0.5) is 17.1 Å². The molecular formula is C24H28ClN5O4S. The zero-order chi connectivity index (χ0) is 25.4.